The Balaban J connectivity index is 2.06. The van der Waals surface area contributed by atoms with Crippen LogP contribution in [0.2, 0.25) is 0 Å². The minimum atomic E-state index is -1.24. The minimum Gasteiger partial charge on any atom is -0.478 e. The van der Waals surface area contributed by atoms with Crippen LogP contribution in [0.15, 0.2) is 47.4 Å². The third kappa shape index (κ3) is 3.61. The van der Waals surface area contributed by atoms with E-state index in [1.54, 1.807) is 6.07 Å². The Labute approximate surface area is 121 Å². The van der Waals surface area contributed by atoms with E-state index in [1.165, 1.54) is 29.5 Å². The van der Waals surface area contributed by atoms with Crippen molar-refractivity contribution in [1.82, 2.24) is 0 Å². The number of benzene rings is 2. The highest BCUT2D eigenvalue weighted by Crippen LogP contribution is 2.25. The molecule has 2 aromatic rings. The predicted molar refractivity (Wildman–Crippen MR) is 78.7 cm³/mol. The molecule has 104 valence electrons. The van der Waals surface area contributed by atoms with E-state index in [0.29, 0.717) is 0 Å². The molecule has 2 nitrogen and oxygen atoms in total. The molecule has 0 heterocycles. The molecular weight excluding hydrogens is 275 g/mol. The van der Waals surface area contributed by atoms with Crippen molar-refractivity contribution < 1.29 is 14.3 Å². The van der Waals surface area contributed by atoms with Gasteiger partial charge in [0, 0.05) is 10.6 Å². The Morgan fingerprint density at radius 3 is 2.40 bits per heavy atom. The van der Waals surface area contributed by atoms with Crippen LogP contribution in [0.25, 0.3) is 0 Å². The molecule has 0 amide bonds. The van der Waals surface area contributed by atoms with Gasteiger partial charge in [0.2, 0.25) is 0 Å². The summed E-state index contributed by atoms with van der Waals surface area (Å²) in [7, 11) is 0. The molecule has 4 heteroatoms. The van der Waals surface area contributed by atoms with Gasteiger partial charge in [-0.1, -0.05) is 31.2 Å². The van der Waals surface area contributed by atoms with Gasteiger partial charge in [-0.25, -0.2) is 9.18 Å². The number of hydrogen-bond acceptors (Lipinski definition) is 2. The lowest BCUT2D eigenvalue weighted by molar-refractivity contribution is 0.0691. The van der Waals surface area contributed by atoms with Crippen molar-refractivity contribution >= 4 is 17.7 Å². The summed E-state index contributed by atoms with van der Waals surface area (Å²) >= 11 is 1.50. The molecule has 0 saturated carbocycles. The van der Waals surface area contributed by atoms with Crippen molar-refractivity contribution in [3.8, 4) is 0 Å². The zero-order chi connectivity index (χ0) is 14.5. The Kier molecular flexibility index (Phi) is 4.79. The molecule has 20 heavy (non-hydrogen) atoms. The number of thioether (sulfide) groups is 1. The maximum absolute atomic E-state index is 13.3. The van der Waals surface area contributed by atoms with Gasteiger partial charge in [-0.05, 0) is 35.7 Å². The molecule has 1 N–H and O–H groups in total. The second-order valence-corrected chi connectivity index (χ2v) is 5.45. The average molecular weight is 290 g/mol. The second-order valence-electron chi connectivity index (χ2n) is 4.41. The fourth-order valence-electron chi connectivity index (χ4n) is 1.80. The van der Waals surface area contributed by atoms with Crippen molar-refractivity contribution in [2.45, 2.75) is 24.0 Å². The van der Waals surface area contributed by atoms with E-state index in [2.05, 4.69) is 31.2 Å². The van der Waals surface area contributed by atoms with Gasteiger partial charge in [0.05, 0.1) is 5.56 Å². The molecule has 0 aliphatic carbocycles. The van der Waals surface area contributed by atoms with Crippen molar-refractivity contribution in [3.05, 3.63) is 65.0 Å². The van der Waals surface area contributed by atoms with Gasteiger partial charge >= 0.3 is 5.97 Å². The normalized spacial score (nSPS) is 10.5. The van der Waals surface area contributed by atoms with E-state index < -0.39 is 11.8 Å². The number of rotatable bonds is 5. The van der Waals surface area contributed by atoms with E-state index in [4.69, 9.17) is 5.11 Å². The molecule has 0 unspecified atom stereocenters. The Hall–Kier alpha value is -1.81. The monoisotopic (exact) mass is 290 g/mol. The number of carbonyl (C=O) groups is 1. The predicted octanol–water partition coefficient (Wildman–Crippen LogP) is 4.38. The summed E-state index contributed by atoms with van der Waals surface area (Å²) in [4.78, 5) is 11.6. The van der Waals surface area contributed by atoms with Crippen molar-refractivity contribution in [3.63, 3.8) is 0 Å². The van der Waals surface area contributed by atoms with Crippen molar-refractivity contribution in [2.24, 2.45) is 0 Å². The fourth-order valence-corrected chi connectivity index (χ4v) is 2.69. The fraction of sp³-hybridized carbons (Fsp3) is 0.188. The third-order valence-corrected chi connectivity index (χ3v) is 4.07. The van der Waals surface area contributed by atoms with Gasteiger partial charge in [0.1, 0.15) is 5.82 Å². The molecule has 0 saturated heterocycles. The maximum atomic E-state index is 13.3. The Morgan fingerprint density at radius 1 is 1.15 bits per heavy atom. The first-order chi connectivity index (χ1) is 9.60. The van der Waals surface area contributed by atoms with Crippen LogP contribution in [-0.4, -0.2) is 11.1 Å². The quantitative estimate of drug-likeness (QED) is 0.830. The summed E-state index contributed by atoms with van der Waals surface area (Å²) in [5.41, 5.74) is 2.17. The van der Waals surface area contributed by atoms with E-state index in [9.17, 15) is 9.18 Å². The maximum Gasteiger partial charge on any atom is 0.338 e. The molecule has 0 fully saturated rings. The van der Waals surface area contributed by atoms with Crippen LogP contribution < -0.4 is 0 Å². The van der Waals surface area contributed by atoms with Gasteiger partial charge in [0.25, 0.3) is 0 Å². The largest absolute Gasteiger partial charge is 0.478 e. The SMILES string of the molecule is CCc1ccc(CSc2ccc(F)c(C(=O)O)c2)cc1. The third-order valence-electron chi connectivity index (χ3n) is 3.00. The number of carboxylic acid groups (broad SMARTS) is 1. The summed E-state index contributed by atoms with van der Waals surface area (Å²) in [5.74, 6) is -1.21. The van der Waals surface area contributed by atoms with Crippen LogP contribution in [0.3, 0.4) is 0 Å². The lowest BCUT2D eigenvalue weighted by Gasteiger charge is -2.05. The van der Waals surface area contributed by atoms with Crippen LogP contribution in [-0.2, 0) is 12.2 Å². The Bertz CT molecular complexity index is 608. The molecule has 0 spiro atoms. The zero-order valence-electron chi connectivity index (χ0n) is 11.1. The van der Waals surface area contributed by atoms with Crippen LogP contribution in [0.4, 0.5) is 4.39 Å². The molecule has 0 aliphatic heterocycles. The van der Waals surface area contributed by atoms with E-state index in [-0.39, 0.29) is 5.56 Å². The highest BCUT2D eigenvalue weighted by atomic mass is 32.2. The highest BCUT2D eigenvalue weighted by Gasteiger charge is 2.10. The molecule has 0 radical (unpaired) electrons. The number of hydrogen-bond donors (Lipinski definition) is 1. The first kappa shape index (κ1) is 14.6. The summed E-state index contributed by atoms with van der Waals surface area (Å²) in [5, 5.41) is 8.88. The standard InChI is InChI=1S/C16H15FO2S/c1-2-11-3-5-12(6-4-11)10-20-13-7-8-15(17)14(9-13)16(18)19/h3-9H,2,10H2,1H3,(H,18,19). The first-order valence-corrected chi connectivity index (χ1v) is 7.32. The summed E-state index contributed by atoms with van der Waals surface area (Å²) in [6.07, 6.45) is 1.01. The number of aryl methyl sites for hydroxylation is 1. The number of halogens is 1. The van der Waals surface area contributed by atoms with Gasteiger partial charge in [-0.15, -0.1) is 11.8 Å². The molecule has 0 bridgehead atoms. The topological polar surface area (TPSA) is 37.3 Å². The smallest absolute Gasteiger partial charge is 0.338 e. The van der Waals surface area contributed by atoms with Gasteiger partial charge in [-0.2, -0.15) is 0 Å². The van der Waals surface area contributed by atoms with Crippen molar-refractivity contribution in [1.29, 1.82) is 0 Å². The van der Waals surface area contributed by atoms with Crippen LogP contribution in [0.5, 0.6) is 0 Å². The van der Waals surface area contributed by atoms with Gasteiger partial charge in [0.15, 0.2) is 0 Å². The molecule has 0 aliphatic rings. The first-order valence-electron chi connectivity index (χ1n) is 6.33. The summed E-state index contributed by atoms with van der Waals surface area (Å²) < 4.78 is 13.3. The van der Waals surface area contributed by atoms with Gasteiger partial charge in [-0.3, -0.25) is 0 Å². The molecule has 2 rings (SSSR count). The van der Waals surface area contributed by atoms with Crippen molar-refractivity contribution in [2.75, 3.05) is 0 Å². The summed E-state index contributed by atoms with van der Waals surface area (Å²) in [6.45, 7) is 2.11. The zero-order valence-corrected chi connectivity index (χ0v) is 11.9. The van der Waals surface area contributed by atoms with E-state index >= 15 is 0 Å². The highest BCUT2D eigenvalue weighted by molar-refractivity contribution is 7.98. The lowest BCUT2D eigenvalue weighted by atomic mass is 10.1. The van der Waals surface area contributed by atoms with Crippen LogP contribution in [0, 0.1) is 5.82 Å². The molecule has 0 aromatic heterocycles. The van der Waals surface area contributed by atoms with Crippen LogP contribution in [0.1, 0.15) is 28.4 Å². The number of carboxylic acids is 1. The minimum absolute atomic E-state index is 0.281. The second kappa shape index (κ2) is 6.57. The van der Waals surface area contributed by atoms with Crippen LogP contribution >= 0.6 is 11.8 Å². The number of aromatic carboxylic acids is 1. The summed E-state index contributed by atoms with van der Waals surface area (Å²) in [6, 6.07) is 12.5. The lowest BCUT2D eigenvalue weighted by Crippen LogP contribution is -2.00. The molecule has 0 atom stereocenters. The van der Waals surface area contributed by atoms with E-state index in [0.717, 1.165) is 22.6 Å². The van der Waals surface area contributed by atoms with Gasteiger partial charge < -0.3 is 5.11 Å². The molecular formula is C16H15FO2S. The molecule has 2 aromatic carbocycles. The Morgan fingerprint density at radius 2 is 1.80 bits per heavy atom. The van der Waals surface area contributed by atoms with E-state index in [1.807, 2.05) is 0 Å². The average Bonchev–Trinajstić information content (AvgIpc) is 2.46.